The van der Waals surface area contributed by atoms with E-state index in [4.69, 9.17) is 9.84 Å². The molecule has 106 valence electrons. The lowest BCUT2D eigenvalue weighted by atomic mass is 10.1. The van der Waals surface area contributed by atoms with Crippen LogP contribution in [0.15, 0.2) is 24.3 Å². The molecule has 0 amide bonds. The van der Waals surface area contributed by atoms with E-state index in [2.05, 4.69) is 4.90 Å². The zero-order chi connectivity index (χ0) is 13.7. The molecular formula is C14H20FNO3. The lowest BCUT2D eigenvalue weighted by Crippen LogP contribution is -2.44. The first-order valence-corrected chi connectivity index (χ1v) is 6.58. The third-order valence-corrected chi connectivity index (χ3v) is 3.41. The van der Waals surface area contributed by atoms with Crippen LogP contribution in [0.1, 0.15) is 18.1 Å². The second-order valence-electron chi connectivity index (χ2n) is 4.80. The van der Waals surface area contributed by atoms with Crippen LogP contribution in [0.4, 0.5) is 4.39 Å². The molecule has 1 aliphatic rings. The van der Waals surface area contributed by atoms with Crippen molar-refractivity contribution in [3.63, 3.8) is 0 Å². The van der Waals surface area contributed by atoms with Gasteiger partial charge in [-0.3, -0.25) is 4.90 Å². The zero-order valence-electron chi connectivity index (χ0n) is 10.8. The maximum atomic E-state index is 13.5. The molecule has 4 nitrogen and oxygen atoms in total. The summed E-state index contributed by atoms with van der Waals surface area (Å²) in [5.41, 5.74) is 0.342. The number of hydrogen-bond donors (Lipinski definition) is 2. The molecule has 0 aromatic heterocycles. The quantitative estimate of drug-likeness (QED) is 0.835. The van der Waals surface area contributed by atoms with E-state index in [1.165, 1.54) is 6.07 Å². The summed E-state index contributed by atoms with van der Waals surface area (Å²) >= 11 is 0. The fourth-order valence-electron chi connectivity index (χ4n) is 2.30. The number of morpholine rings is 1. The van der Waals surface area contributed by atoms with E-state index in [9.17, 15) is 9.50 Å². The van der Waals surface area contributed by atoms with Crippen molar-refractivity contribution in [3.05, 3.63) is 35.6 Å². The van der Waals surface area contributed by atoms with Crippen molar-refractivity contribution in [2.45, 2.75) is 18.6 Å². The lowest BCUT2D eigenvalue weighted by Gasteiger charge is -2.32. The molecule has 2 N–H and O–H groups in total. The Bertz CT molecular complexity index is 402. The molecule has 0 aliphatic carbocycles. The van der Waals surface area contributed by atoms with Crippen molar-refractivity contribution in [2.75, 3.05) is 32.8 Å². The Balaban J connectivity index is 1.83. The van der Waals surface area contributed by atoms with Gasteiger partial charge in [0.15, 0.2) is 0 Å². The predicted molar refractivity (Wildman–Crippen MR) is 69.2 cm³/mol. The molecule has 1 aliphatic heterocycles. The molecule has 2 unspecified atom stereocenters. The second-order valence-corrected chi connectivity index (χ2v) is 4.80. The molecule has 2 atom stereocenters. The molecule has 1 fully saturated rings. The van der Waals surface area contributed by atoms with Gasteiger partial charge in [0.25, 0.3) is 0 Å². The van der Waals surface area contributed by atoms with Crippen LogP contribution in [0.3, 0.4) is 0 Å². The van der Waals surface area contributed by atoms with Gasteiger partial charge >= 0.3 is 0 Å². The number of rotatable bonds is 5. The van der Waals surface area contributed by atoms with Crippen LogP contribution in [-0.4, -0.2) is 54.1 Å². The smallest absolute Gasteiger partial charge is 0.128 e. The van der Waals surface area contributed by atoms with Crippen LogP contribution in [0.2, 0.25) is 0 Å². The van der Waals surface area contributed by atoms with Crippen LogP contribution in [0, 0.1) is 5.82 Å². The maximum Gasteiger partial charge on any atom is 0.128 e. The van der Waals surface area contributed by atoms with Gasteiger partial charge in [-0.25, -0.2) is 4.39 Å². The van der Waals surface area contributed by atoms with Crippen LogP contribution in [0.5, 0.6) is 0 Å². The summed E-state index contributed by atoms with van der Waals surface area (Å²) in [7, 11) is 0. The van der Waals surface area contributed by atoms with Gasteiger partial charge < -0.3 is 14.9 Å². The molecule has 0 radical (unpaired) electrons. The summed E-state index contributed by atoms with van der Waals surface area (Å²) < 4.78 is 18.8. The Kier molecular flexibility index (Phi) is 5.27. The highest BCUT2D eigenvalue weighted by Gasteiger charge is 2.21. The zero-order valence-corrected chi connectivity index (χ0v) is 10.8. The molecule has 0 saturated carbocycles. The van der Waals surface area contributed by atoms with E-state index in [-0.39, 0.29) is 18.5 Å². The molecular weight excluding hydrogens is 249 g/mol. The summed E-state index contributed by atoms with van der Waals surface area (Å²) in [6, 6.07) is 6.29. The summed E-state index contributed by atoms with van der Waals surface area (Å²) in [6.45, 7) is 2.68. The molecule has 0 spiro atoms. The van der Waals surface area contributed by atoms with Gasteiger partial charge in [-0.2, -0.15) is 0 Å². The number of halogens is 1. The van der Waals surface area contributed by atoms with Crippen molar-refractivity contribution in [1.82, 2.24) is 4.90 Å². The normalized spacial score (nSPS) is 22.4. The van der Waals surface area contributed by atoms with Crippen LogP contribution >= 0.6 is 0 Å². The highest BCUT2D eigenvalue weighted by molar-refractivity contribution is 5.19. The number of aliphatic hydroxyl groups excluding tert-OH is 2. The summed E-state index contributed by atoms with van der Waals surface area (Å²) in [5.74, 6) is -0.370. The lowest BCUT2D eigenvalue weighted by molar-refractivity contribution is -0.0551. The Morgan fingerprint density at radius 3 is 2.95 bits per heavy atom. The molecule has 1 aromatic rings. The second kappa shape index (κ2) is 6.96. The van der Waals surface area contributed by atoms with Crippen molar-refractivity contribution in [1.29, 1.82) is 0 Å². The van der Waals surface area contributed by atoms with Gasteiger partial charge in [-0.05, 0) is 12.5 Å². The number of nitrogens with zero attached hydrogens (tertiary/aromatic N) is 1. The largest absolute Gasteiger partial charge is 0.394 e. The predicted octanol–water partition coefficient (Wildman–Crippen LogP) is 0.942. The minimum Gasteiger partial charge on any atom is -0.394 e. The molecule has 19 heavy (non-hydrogen) atoms. The van der Waals surface area contributed by atoms with Gasteiger partial charge in [0.2, 0.25) is 0 Å². The monoisotopic (exact) mass is 269 g/mol. The maximum absolute atomic E-state index is 13.5. The average Bonchev–Trinajstić information content (AvgIpc) is 2.45. The summed E-state index contributed by atoms with van der Waals surface area (Å²) in [6.07, 6.45) is -0.477. The third kappa shape index (κ3) is 3.98. The van der Waals surface area contributed by atoms with Crippen molar-refractivity contribution < 1.29 is 19.3 Å². The van der Waals surface area contributed by atoms with Crippen LogP contribution in [-0.2, 0) is 4.74 Å². The third-order valence-electron chi connectivity index (χ3n) is 3.41. The van der Waals surface area contributed by atoms with Gasteiger partial charge in [0.05, 0.1) is 25.4 Å². The van der Waals surface area contributed by atoms with E-state index >= 15 is 0 Å². The van der Waals surface area contributed by atoms with Gasteiger partial charge in [-0.15, -0.1) is 0 Å². The van der Waals surface area contributed by atoms with E-state index in [0.717, 1.165) is 6.54 Å². The molecule has 1 aromatic carbocycles. The Morgan fingerprint density at radius 2 is 2.21 bits per heavy atom. The molecule has 0 bridgehead atoms. The number of aliphatic hydroxyl groups is 2. The fourth-order valence-corrected chi connectivity index (χ4v) is 2.30. The minimum absolute atomic E-state index is 0.00632. The van der Waals surface area contributed by atoms with E-state index in [1.54, 1.807) is 18.2 Å². The Labute approximate surface area is 112 Å². The SMILES string of the molecule is OCC1CN(CCC(O)c2ccccc2F)CCO1. The van der Waals surface area contributed by atoms with Crippen molar-refractivity contribution in [3.8, 4) is 0 Å². The first-order chi connectivity index (χ1) is 9.20. The first kappa shape index (κ1) is 14.4. The highest BCUT2D eigenvalue weighted by Crippen LogP contribution is 2.20. The summed E-state index contributed by atoms with van der Waals surface area (Å²) in [4.78, 5) is 2.12. The first-order valence-electron chi connectivity index (χ1n) is 6.58. The minimum atomic E-state index is -0.795. The molecule has 1 saturated heterocycles. The molecule has 5 heteroatoms. The van der Waals surface area contributed by atoms with Gasteiger partial charge in [0.1, 0.15) is 5.82 Å². The number of benzene rings is 1. The average molecular weight is 269 g/mol. The fraction of sp³-hybridized carbons (Fsp3) is 0.571. The molecule has 1 heterocycles. The number of hydrogen-bond acceptors (Lipinski definition) is 4. The van der Waals surface area contributed by atoms with Gasteiger partial charge in [0, 0.05) is 25.2 Å². The Hall–Kier alpha value is -1.01. The van der Waals surface area contributed by atoms with Gasteiger partial charge in [-0.1, -0.05) is 18.2 Å². The van der Waals surface area contributed by atoms with E-state index in [1.807, 2.05) is 0 Å². The topological polar surface area (TPSA) is 52.9 Å². The van der Waals surface area contributed by atoms with Crippen molar-refractivity contribution in [2.24, 2.45) is 0 Å². The van der Waals surface area contributed by atoms with Crippen LogP contribution < -0.4 is 0 Å². The number of ether oxygens (including phenoxy) is 1. The summed E-state index contributed by atoms with van der Waals surface area (Å²) in [5, 5.41) is 19.1. The van der Waals surface area contributed by atoms with Crippen molar-refractivity contribution >= 4 is 0 Å². The van der Waals surface area contributed by atoms with E-state index < -0.39 is 6.10 Å². The van der Waals surface area contributed by atoms with E-state index in [0.29, 0.717) is 31.7 Å². The standard InChI is InChI=1S/C14H20FNO3/c15-13-4-2-1-3-12(13)14(18)5-6-16-7-8-19-11(9-16)10-17/h1-4,11,14,17-18H,5-10H2. The Morgan fingerprint density at radius 1 is 1.42 bits per heavy atom. The van der Waals surface area contributed by atoms with Crippen LogP contribution in [0.25, 0.3) is 0 Å². The highest BCUT2D eigenvalue weighted by atomic mass is 19.1. The molecule has 2 rings (SSSR count).